The van der Waals surface area contributed by atoms with Crippen molar-refractivity contribution in [1.82, 2.24) is 0 Å². The second-order valence-corrected chi connectivity index (χ2v) is 4.37. The number of halogens is 3. The van der Waals surface area contributed by atoms with E-state index in [2.05, 4.69) is 5.32 Å². The Kier molecular flexibility index (Phi) is 6.99. The van der Waals surface area contributed by atoms with Gasteiger partial charge in [-0.05, 0) is 36.2 Å². The molecule has 21 heavy (non-hydrogen) atoms. The first-order valence-corrected chi connectivity index (χ1v) is 5.92. The SMILES string of the molecule is C.C.Cc1cc(C(F)(F)F)ccc1NCc1ccccc1. The third-order valence-corrected chi connectivity index (χ3v) is 2.88. The zero-order valence-corrected chi connectivity index (χ0v) is 10.5. The van der Waals surface area contributed by atoms with E-state index < -0.39 is 11.7 Å². The number of hydrogen-bond donors (Lipinski definition) is 1. The molecule has 0 atom stereocenters. The van der Waals surface area contributed by atoms with Crippen molar-refractivity contribution in [2.75, 3.05) is 5.32 Å². The maximum atomic E-state index is 12.5. The maximum Gasteiger partial charge on any atom is 0.416 e. The van der Waals surface area contributed by atoms with Crippen molar-refractivity contribution in [3.8, 4) is 0 Å². The molecule has 2 rings (SSSR count). The van der Waals surface area contributed by atoms with E-state index in [1.807, 2.05) is 30.3 Å². The van der Waals surface area contributed by atoms with E-state index in [1.165, 1.54) is 6.07 Å². The number of alkyl halides is 3. The summed E-state index contributed by atoms with van der Waals surface area (Å²) in [6, 6.07) is 13.4. The number of benzene rings is 2. The van der Waals surface area contributed by atoms with Crippen molar-refractivity contribution in [2.45, 2.75) is 34.5 Å². The van der Waals surface area contributed by atoms with Crippen molar-refractivity contribution in [1.29, 1.82) is 0 Å². The van der Waals surface area contributed by atoms with Gasteiger partial charge in [0.25, 0.3) is 0 Å². The molecule has 0 heterocycles. The largest absolute Gasteiger partial charge is 0.416 e. The van der Waals surface area contributed by atoms with Crippen LogP contribution in [0.15, 0.2) is 48.5 Å². The Balaban J connectivity index is 0.00000200. The summed E-state index contributed by atoms with van der Waals surface area (Å²) in [5.74, 6) is 0. The minimum Gasteiger partial charge on any atom is -0.381 e. The van der Waals surface area contributed by atoms with Crippen molar-refractivity contribution in [3.05, 3.63) is 65.2 Å². The van der Waals surface area contributed by atoms with Crippen LogP contribution in [0.4, 0.5) is 18.9 Å². The molecule has 0 aliphatic heterocycles. The molecule has 2 aromatic rings. The zero-order chi connectivity index (χ0) is 13.9. The van der Waals surface area contributed by atoms with Crippen LogP contribution in [0.1, 0.15) is 31.5 Å². The third-order valence-electron chi connectivity index (χ3n) is 2.88. The normalized spacial score (nSPS) is 10.3. The lowest BCUT2D eigenvalue weighted by atomic mass is 10.1. The Morgan fingerprint density at radius 3 is 2.10 bits per heavy atom. The highest BCUT2D eigenvalue weighted by atomic mass is 19.4. The molecule has 116 valence electrons. The van der Waals surface area contributed by atoms with E-state index in [0.29, 0.717) is 12.1 Å². The highest BCUT2D eigenvalue weighted by Crippen LogP contribution is 2.31. The lowest BCUT2D eigenvalue weighted by Crippen LogP contribution is -2.07. The maximum absolute atomic E-state index is 12.5. The van der Waals surface area contributed by atoms with Gasteiger partial charge >= 0.3 is 6.18 Å². The Bertz CT molecular complexity index is 548. The molecule has 0 aliphatic rings. The molecular weight excluding hydrogens is 275 g/mol. The fourth-order valence-electron chi connectivity index (χ4n) is 1.83. The molecule has 0 amide bonds. The summed E-state index contributed by atoms with van der Waals surface area (Å²) in [5.41, 5.74) is 1.78. The minimum absolute atomic E-state index is 0. The van der Waals surface area contributed by atoms with Crippen LogP contribution in [0.2, 0.25) is 0 Å². The van der Waals surface area contributed by atoms with Crippen LogP contribution < -0.4 is 5.32 Å². The van der Waals surface area contributed by atoms with E-state index in [0.717, 1.165) is 23.4 Å². The predicted octanol–water partition coefficient (Wildman–Crippen LogP) is 5.90. The van der Waals surface area contributed by atoms with E-state index >= 15 is 0 Å². The Labute approximate surface area is 124 Å². The first kappa shape index (κ1) is 19.0. The van der Waals surface area contributed by atoms with Gasteiger partial charge in [-0.15, -0.1) is 0 Å². The third kappa shape index (κ3) is 5.14. The van der Waals surface area contributed by atoms with Gasteiger partial charge in [0, 0.05) is 12.2 Å². The Hall–Kier alpha value is -1.97. The molecule has 0 radical (unpaired) electrons. The van der Waals surface area contributed by atoms with E-state index in [9.17, 15) is 13.2 Å². The summed E-state index contributed by atoms with van der Waals surface area (Å²) in [5, 5.41) is 3.14. The minimum atomic E-state index is -4.29. The topological polar surface area (TPSA) is 12.0 Å². The van der Waals surface area contributed by atoms with E-state index in [-0.39, 0.29) is 14.9 Å². The summed E-state index contributed by atoms with van der Waals surface area (Å²) >= 11 is 0. The highest BCUT2D eigenvalue weighted by Gasteiger charge is 2.30. The molecular formula is C17H22F3N. The van der Waals surface area contributed by atoms with Gasteiger partial charge in [0.1, 0.15) is 0 Å². The molecule has 0 aromatic heterocycles. The fourth-order valence-corrected chi connectivity index (χ4v) is 1.83. The molecule has 0 saturated carbocycles. The van der Waals surface area contributed by atoms with Gasteiger partial charge in [0.2, 0.25) is 0 Å². The quantitative estimate of drug-likeness (QED) is 0.744. The van der Waals surface area contributed by atoms with Crippen molar-refractivity contribution in [2.24, 2.45) is 0 Å². The number of rotatable bonds is 3. The molecule has 0 fully saturated rings. The van der Waals surface area contributed by atoms with Crippen LogP contribution in [-0.4, -0.2) is 0 Å². The van der Waals surface area contributed by atoms with Crippen molar-refractivity contribution < 1.29 is 13.2 Å². The van der Waals surface area contributed by atoms with E-state index in [4.69, 9.17) is 0 Å². The van der Waals surface area contributed by atoms with Gasteiger partial charge in [-0.2, -0.15) is 13.2 Å². The lowest BCUT2D eigenvalue weighted by molar-refractivity contribution is -0.137. The van der Waals surface area contributed by atoms with Gasteiger partial charge < -0.3 is 5.32 Å². The van der Waals surface area contributed by atoms with Gasteiger partial charge in [-0.25, -0.2) is 0 Å². The van der Waals surface area contributed by atoms with Crippen LogP contribution in [-0.2, 0) is 12.7 Å². The van der Waals surface area contributed by atoms with Crippen molar-refractivity contribution >= 4 is 5.69 Å². The molecule has 0 saturated heterocycles. The summed E-state index contributed by atoms with van der Waals surface area (Å²) in [6.45, 7) is 2.26. The molecule has 0 aliphatic carbocycles. The molecule has 1 nitrogen and oxygen atoms in total. The number of anilines is 1. The van der Waals surface area contributed by atoms with Crippen LogP contribution in [0.5, 0.6) is 0 Å². The smallest absolute Gasteiger partial charge is 0.381 e. The molecule has 0 bridgehead atoms. The molecule has 4 heteroatoms. The first-order valence-electron chi connectivity index (χ1n) is 5.92. The Morgan fingerprint density at radius 1 is 0.952 bits per heavy atom. The number of aryl methyl sites for hydroxylation is 1. The monoisotopic (exact) mass is 297 g/mol. The molecule has 0 spiro atoms. The average molecular weight is 297 g/mol. The fraction of sp³-hybridized carbons (Fsp3) is 0.294. The zero-order valence-electron chi connectivity index (χ0n) is 10.5. The van der Waals surface area contributed by atoms with Crippen LogP contribution in [0.25, 0.3) is 0 Å². The molecule has 1 N–H and O–H groups in total. The molecule has 2 aromatic carbocycles. The summed E-state index contributed by atoms with van der Waals surface area (Å²) in [7, 11) is 0. The molecule has 0 unspecified atom stereocenters. The first-order chi connectivity index (χ1) is 8.97. The number of nitrogens with one attached hydrogen (secondary N) is 1. The summed E-state index contributed by atoms with van der Waals surface area (Å²) in [4.78, 5) is 0. The van der Waals surface area contributed by atoms with Crippen molar-refractivity contribution in [3.63, 3.8) is 0 Å². The standard InChI is InChI=1S/C15H14F3N.2CH4/c1-11-9-13(15(16,17)18)7-8-14(11)19-10-12-5-3-2-4-6-12;;/h2-9,19H,10H2,1H3;2*1H4. The van der Waals surface area contributed by atoms with E-state index in [1.54, 1.807) is 6.92 Å². The predicted molar refractivity (Wildman–Crippen MR) is 83.4 cm³/mol. The second-order valence-electron chi connectivity index (χ2n) is 4.37. The summed E-state index contributed by atoms with van der Waals surface area (Å²) < 4.78 is 37.6. The van der Waals surface area contributed by atoms with Gasteiger partial charge in [0.05, 0.1) is 5.56 Å². The summed E-state index contributed by atoms with van der Waals surface area (Å²) in [6.07, 6.45) is -4.29. The van der Waals surface area contributed by atoms with Crippen LogP contribution in [0.3, 0.4) is 0 Å². The van der Waals surface area contributed by atoms with Gasteiger partial charge in [-0.3, -0.25) is 0 Å². The van der Waals surface area contributed by atoms with Crippen LogP contribution in [0, 0.1) is 6.92 Å². The van der Waals surface area contributed by atoms with Crippen LogP contribution >= 0.6 is 0 Å². The van der Waals surface area contributed by atoms with Gasteiger partial charge in [-0.1, -0.05) is 45.2 Å². The average Bonchev–Trinajstić information content (AvgIpc) is 2.37. The van der Waals surface area contributed by atoms with Gasteiger partial charge in [0.15, 0.2) is 0 Å². The Morgan fingerprint density at radius 2 is 1.57 bits per heavy atom. The lowest BCUT2D eigenvalue weighted by Gasteiger charge is -2.13. The second kappa shape index (κ2) is 7.72. The number of hydrogen-bond acceptors (Lipinski definition) is 1. The highest BCUT2D eigenvalue weighted by molar-refractivity contribution is 5.52.